The largest absolute Gasteiger partial charge is 0.444 e. The van der Waals surface area contributed by atoms with Crippen molar-refractivity contribution in [3.8, 4) is 0 Å². The van der Waals surface area contributed by atoms with E-state index in [0.29, 0.717) is 12.3 Å². The van der Waals surface area contributed by atoms with Gasteiger partial charge in [0.05, 0.1) is 6.04 Å². The van der Waals surface area contributed by atoms with Gasteiger partial charge in [0, 0.05) is 6.42 Å². The van der Waals surface area contributed by atoms with Crippen LogP contribution in [0.2, 0.25) is 0 Å². The molecule has 0 N–H and O–H groups in total. The molecule has 18 heavy (non-hydrogen) atoms. The fourth-order valence-electron chi connectivity index (χ4n) is 2.21. The van der Waals surface area contributed by atoms with Crippen LogP contribution in [0.4, 0.5) is 4.79 Å². The number of hydrogen-bond acceptors (Lipinski definition) is 3. The van der Waals surface area contributed by atoms with E-state index in [1.807, 2.05) is 13.8 Å². The summed E-state index contributed by atoms with van der Waals surface area (Å²) in [5, 5.41) is 0. The Balaban J connectivity index is 2.39. The van der Waals surface area contributed by atoms with Crippen LogP contribution in [-0.2, 0) is 9.53 Å². The predicted octanol–water partition coefficient (Wildman–Crippen LogP) is 3.35. The lowest BCUT2D eigenvalue weighted by Gasteiger charge is -2.18. The summed E-state index contributed by atoms with van der Waals surface area (Å²) in [6, 6.07) is -0.143. The standard InChI is InChI=1S/C14H25NO3/c1-5-6-7-10(2)8-9-13(16)15-11(3)12(4)18-14(15)17/h10-12H,5-9H2,1-4H3/t10-,11+,12-/m0/s1. The molecule has 2 amide bonds. The molecule has 0 unspecified atom stereocenters. The summed E-state index contributed by atoms with van der Waals surface area (Å²) in [6.07, 6.45) is 4.15. The van der Waals surface area contributed by atoms with Crippen LogP contribution in [0, 0.1) is 5.92 Å². The number of unbranched alkanes of at least 4 members (excludes halogenated alkanes) is 1. The third-order valence-corrected chi connectivity index (χ3v) is 3.74. The zero-order valence-corrected chi connectivity index (χ0v) is 11.9. The second-order valence-corrected chi connectivity index (χ2v) is 5.38. The SMILES string of the molecule is CCCC[C@H](C)CCC(=O)N1C(=O)O[C@@H](C)[C@H]1C. The van der Waals surface area contributed by atoms with Gasteiger partial charge in [-0.15, -0.1) is 0 Å². The first kappa shape index (κ1) is 15.0. The van der Waals surface area contributed by atoms with Crippen molar-refractivity contribution < 1.29 is 14.3 Å². The molecular weight excluding hydrogens is 230 g/mol. The number of carbonyl (C=O) groups excluding carboxylic acids is 2. The average molecular weight is 255 g/mol. The molecule has 0 spiro atoms. The van der Waals surface area contributed by atoms with Crippen LogP contribution in [0.3, 0.4) is 0 Å². The fraction of sp³-hybridized carbons (Fsp3) is 0.857. The van der Waals surface area contributed by atoms with E-state index in [1.165, 1.54) is 17.7 Å². The maximum Gasteiger partial charge on any atom is 0.417 e. The highest BCUT2D eigenvalue weighted by molar-refractivity contribution is 5.93. The van der Waals surface area contributed by atoms with Gasteiger partial charge in [0.15, 0.2) is 0 Å². The van der Waals surface area contributed by atoms with E-state index < -0.39 is 6.09 Å². The molecule has 0 aliphatic carbocycles. The molecule has 3 atom stereocenters. The molecular formula is C14H25NO3. The van der Waals surface area contributed by atoms with Gasteiger partial charge in [-0.3, -0.25) is 4.79 Å². The summed E-state index contributed by atoms with van der Waals surface area (Å²) in [4.78, 5) is 24.8. The molecule has 0 saturated carbocycles. The molecule has 4 heteroatoms. The minimum Gasteiger partial charge on any atom is -0.444 e. The van der Waals surface area contributed by atoms with Gasteiger partial charge in [-0.1, -0.05) is 33.1 Å². The fourth-order valence-corrected chi connectivity index (χ4v) is 2.21. The van der Waals surface area contributed by atoms with Crippen molar-refractivity contribution in [1.82, 2.24) is 4.90 Å². The van der Waals surface area contributed by atoms with Crippen LogP contribution in [0.15, 0.2) is 0 Å². The van der Waals surface area contributed by atoms with Crippen molar-refractivity contribution in [1.29, 1.82) is 0 Å². The summed E-state index contributed by atoms with van der Waals surface area (Å²) in [6.45, 7) is 8.01. The first-order valence-corrected chi connectivity index (χ1v) is 7.00. The zero-order chi connectivity index (χ0) is 13.7. The molecule has 1 fully saturated rings. The highest BCUT2D eigenvalue weighted by atomic mass is 16.6. The summed E-state index contributed by atoms with van der Waals surface area (Å²) in [5.74, 6) is 0.445. The lowest BCUT2D eigenvalue weighted by Crippen LogP contribution is -2.38. The summed E-state index contributed by atoms with van der Waals surface area (Å²) in [5.41, 5.74) is 0. The summed E-state index contributed by atoms with van der Waals surface area (Å²) < 4.78 is 5.05. The Kier molecular flexibility index (Phi) is 5.63. The number of amides is 2. The van der Waals surface area contributed by atoms with Crippen LogP contribution >= 0.6 is 0 Å². The van der Waals surface area contributed by atoms with E-state index in [9.17, 15) is 9.59 Å². The van der Waals surface area contributed by atoms with Crippen LogP contribution in [-0.4, -0.2) is 29.0 Å². The van der Waals surface area contributed by atoms with Crippen molar-refractivity contribution in [2.75, 3.05) is 0 Å². The number of nitrogens with zero attached hydrogens (tertiary/aromatic N) is 1. The minimum atomic E-state index is -0.485. The molecule has 0 aromatic heterocycles. The maximum atomic E-state index is 12.0. The smallest absolute Gasteiger partial charge is 0.417 e. The van der Waals surface area contributed by atoms with Gasteiger partial charge in [0.25, 0.3) is 0 Å². The van der Waals surface area contributed by atoms with Gasteiger partial charge in [-0.2, -0.15) is 0 Å². The molecule has 0 bridgehead atoms. The van der Waals surface area contributed by atoms with Crippen LogP contribution in [0.5, 0.6) is 0 Å². The summed E-state index contributed by atoms with van der Waals surface area (Å²) in [7, 11) is 0. The van der Waals surface area contributed by atoms with Crippen LogP contribution < -0.4 is 0 Å². The molecule has 1 saturated heterocycles. The van der Waals surface area contributed by atoms with E-state index in [-0.39, 0.29) is 18.1 Å². The van der Waals surface area contributed by atoms with Crippen molar-refractivity contribution in [3.63, 3.8) is 0 Å². The van der Waals surface area contributed by atoms with Crippen LogP contribution in [0.1, 0.15) is 59.8 Å². The molecule has 0 aromatic rings. The maximum absolute atomic E-state index is 12.0. The Hall–Kier alpha value is -1.06. The Morgan fingerprint density at radius 2 is 2.06 bits per heavy atom. The predicted molar refractivity (Wildman–Crippen MR) is 70.2 cm³/mol. The lowest BCUT2D eigenvalue weighted by atomic mass is 9.98. The Bertz CT molecular complexity index is 303. The van der Waals surface area contributed by atoms with Gasteiger partial charge in [0.2, 0.25) is 5.91 Å². The van der Waals surface area contributed by atoms with E-state index in [0.717, 1.165) is 12.8 Å². The Morgan fingerprint density at radius 3 is 2.56 bits per heavy atom. The zero-order valence-electron chi connectivity index (χ0n) is 11.9. The van der Waals surface area contributed by atoms with E-state index in [2.05, 4.69) is 13.8 Å². The first-order valence-electron chi connectivity index (χ1n) is 7.00. The number of cyclic esters (lactones) is 1. The first-order chi connectivity index (χ1) is 8.47. The lowest BCUT2D eigenvalue weighted by molar-refractivity contribution is -0.129. The Labute approximate surface area is 110 Å². The monoisotopic (exact) mass is 255 g/mol. The normalized spacial score (nSPS) is 25.1. The van der Waals surface area contributed by atoms with Gasteiger partial charge in [-0.25, -0.2) is 9.69 Å². The average Bonchev–Trinajstić information content (AvgIpc) is 2.58. The quantitative estimate of drug-likeness (QED) is 0.731. The molecule has 104 valence electrons. The van der Waals surface area contributed by atoms with E-state index >= 15 is 0 Å². The van der Waals surface area contributed by atoms with Gasteiger partial charge < -0.3 is 4.74 Å². The highest BCUT2D eigenvalue weighted by Crippen LogP contribution is 2.22. The number of hydrogen-bond donors (Lipinski definition) is 0. The number of carbonyl (C=O) groups is 2. The van der Waals surface area contributed by atoms with Crippen LogP contribution in [0.25, 0.3) is 0 Å². The number of ether oxygens (including phenoxy) is 1. The molecule has 1 aliphatic heterocycles. The van der Waals surface area contributed by atoms with E-state index in [1.54, 1.807) is 0 Å². The second-order valence-electron chi connectivity index (χ2n) is 5.38. The number of imide groups is 1. The van der Waals surface area contributed by atoms with Gasteiger partial charge in [0.1, 0.15) is 6.10 Å². The molecule has 0 radical (unpaired) electrons. The summed E-state index contributed by atoms with van der Waals surface area (Å²) >= 11 is 0. The molecule has 0 aromatic carbocycles. The van der Waals surface area contributed by atoms with Crippen molar-refractivity contribution in [2.45, 2.75) is 71.9 Å². The van der Waals surface area contributed by atoms with Gasteiger partial charge >= 0.3 is 6.09 Å². The topological polar surface area (TPSA) is 46.6 Å². The third-order valence-electron chi connectivity index (χ3n) is 3.74. The highest BCUT2D eigenvalue weighted by Gasteiger charge is 2.39. The van der Waals surface area contributed by atoms with E-state index in [4.69, 9.17) is 4.74 Å². The van der Waals surface area contributed by atoms with Gasteiger partial charge in [-0.05, 0) is 26.2 Å². The molecule has 1 rings (SSSR count). The van der Waals surface area contributed by atoms with Crippen molar-refractivity contribution >= 4 is 12.0 Å². The third kappa shape index (κ3) is 3.72. The number of rotatable bonds is 6. The molecule has 4 nitrogen and oxygen atoms in total. The van der Waals surface area contributed by atoms with Crippen molar-refractivity contribution in [2.24, 2.45) is 5.92 Å². The molecule has 1 aliphatic rings. The van der Waals surface area contributed by atoms with Crippen molar-refractivity contribution in [3.05, 3.63) is 0 Å². The molecule has 1 heterocycles. The Morgan fingerprint density at radius 1 is 1.39 bits per heavy atom. The minimum absolute atomic E-state index is 0.0970. The second kappa shape index (κ2) is 6.76.